The molecule has 1 N–H and O–H groups in total. The van der Waals surface area contributed by atoms with Gasteiger partial charge in [0.25, 0.3) is 0 Å². The van der Waals surface area contributed by atoms with Gasteiger partial charge in [-0.15, -0.1) is 0 Å². The normalized spacial score (nSPS) is 26.1. The van der Waals surface area contributed by atoms with Crippen molar-refractivity contribution in [1.82, 2.24) is 14.8 Å². The zero-order valence-corrected chi connectivity index (χ0v) is 17.7. The highest BCUT2D eigenvalue weighted by atomic mass is 19.4. The minimum Gasteiger partial charge on any atom is -0.475 e. The van der Waals surface area contributed by atoms with Crippen LogP contribution in [0.25, 0.3) is 0 Å². The fourth-order valence-corrected chi connectivity index (χ4v) is 4.42. The minimum absolute atomic E-state index is 0.265. The first-order chi connectivity index (χ1) is 15.2. The third kappa shape index (κ3) is 6.88. The lowest BCUT2D eigenvalue weighted by molar-refractivity contribution is -0.192. The van der Waals surface area contributed by atoms with Crippen molar-refractivity contribution < 1.29 is 37.3 Å². The van der Waals surface area contributed by atoms with Crippen molar-refractivity contribution in [3.05, 3.63) is 30.1 Å². The number of halogens is 3. The molecular weight excluding hydrogens is 431 g/mol. The van der Waals surface area contributed by atoms with E-state index in [1.807, 2.05) is 23.2 Å². The Balaban J connectivity index is 0.000000360. The Morgan fingerprint density at radius 3 is 2.47 bits per heavy atom. The van der Waals surface area contributed by atoms with Crippen molar-refractivity contribution in [2.24, 2.45) is 17.8 Å². The van der Waals surface area contributed by atoms with Crippen molar-refractivity contribution in [3.8, 4) is 0 Å². The Morgan fingerprint density at radius 2 is 1.84 bits per heavy atom. The van der Waals surface area contributed by atoms with Crippen LogP contribution >= 0.6 is 0 Å². The summed E-state index contributed by atoms with van der Waals surface area (Å²) in [5, 5.41) is 7.12. The highest BCUT2D eigenvalue weighted by molar-refractivity contribution is 5.76. The molecule has 0 saturated carbocycles. The van der Waals surface area contributed by atoms with Crippen LogP contribution in [-0.2, 0) is 25.6 Å². The number of carbonyl (C=O) groups is 2. The van der Waals surface area contributed by atoms with Gasteiger partial charge in [-0.25, -0.2) is 4.79 Å². The van der Waals surface area contributed by atoms with Crippen molar-refractivity contribution in [3.63, 3.8) is 0 Å². The summed E-state index contributed by atoms with van der Waals surface area (Å²) in [6.07, 6.45) is -2.62. The van der Waals surface area contributed by atoms with Gasteiger partial charge in [0.15, 0.2) is 0 Å². The van der Waals surface area contributed by atoms with Gasteiger partial charge in [0.2, 0.25) is 5.91 Å². The van der Waals surface area contributed by atoms with Gasteiger partial charge in [0, 0.05) is 45.3 Å². The maximum absolute atomic E-state index is 12.6. The summed E-state index contributed by atoms with van der Waals surface area (Å²) < 4.78 is 42.9. The molecule has 3 aliphatic rings. The lowest BCUT2D eigenvalue weighted by atomic mass is 9.81. The second-order valence-electron chi connectivity index (χ2n) is 8.24. The van der Waals surface area contributed by atoms with Gasteiger partial charge in [-0.1, -0.05) is 6.07 Å². The summed E-state index contributed by atoms with van der Waals surface area (Å²) in [7, 11) is 0. The number of pyridine rings is 1. The van der Waals surface area contributed by atoms with E-state index < -0.39 is 12.1 Å². The summed E-state index contributed by atoms with van der Waals surface area (Å²) >= 11 is 0. The number of hydrogen-bond donors (Lipinski definition) is 1. The Labute approximate surface area is 184 Å². The van der Waals surface area contributed by atoms with Gasteiger partial charge >= 0.3 is 12.1 Å². The van der Waals surface area contributed by atoms with E-state index in [1.165, 1.54) is 0 Å². The third-order valence-electron chi connectivity index (χ3n) is 5.99. The quantitative estimate of drug-likeness (QED) is 0.732. The number of alkyl halides is 3. The number of carbonyl (C=O) groups excluding carboxylic acids is 1. The second kappa shape index (κ2) is 11.1. The number of hydrogen-bond acceptors (Lipinski definition) is 6. The number of rotatable bonds is 4. The smallest absolute Gasteiger partial charge is 0.475 e. The van der Waals surface area contributed by atoms with E-state index in [0.29, 0.717) is 44.0 Å². The SMILES string of the molecule is O=C(C[C@@H]1COC[C@H]2CN(Cc3ccccn3)C[C@@H]12)N1CCOCC1.O=C(O)C(F)(F)F. The molecule has 3 atom stereocenters. The van der Waals surface area contributed by atoms with Crippen LogP contribution in [0.4, 0.5) is 13.2 Å². The molecule has 3 fully saturated rings. The van der Waals surface area contributed by atoms with Crippen molar-refractivity contribution >= 4 is 11.9 Å². The highest BCUT2D eigenvalue weighted by Gasteiger charge is 2.42. The standard InChI is InChI=1S/C19H27N3O3.C2HF3O2/c23-19(22-5-7-24-8-6-22)9-15-13-25-14-16-10-21(12-18(15)16)11-17-3-1-2-4-20-17;3-2(4,5)1(6)7/h1-4,15-16,18H,5-14H2;(H,6,7)/t15-,16-,18+;/m1./s1. The molecule has 0 aromatic carbocycles. The Bertz CT molecular complexity index is 759. The molecule has 1 aromatic rings. The summed E-state index contributed by atoms with van der Waals surface area (Å²) in [6, 6.07) is 6.07. The predicted molar refractivity (Wildman–Crippen MR) is 107 cm³/mol. The average molecular weight is 459 g/mol. The van der Waals surface area contributed by atoms with Gasteiger partial charge in [-0.2, -0.15) is 13.2 Å². The summed E-state index contributed by atoms with van der Waals surface area (Å²) in [6.45, 7) is 7.31. The average Bonchev–Trinajstić information content (AvgIpc) is 3.18. The van der Waals surface area contributed by atoms with Crippen LogP contribution in [0.2, 0.25) is 0 Å². The molecule has 0 aliphatic carbocycles. The largest absolute Gasteiger partial charge is 0.490 e. The monoisotopic (exact) mass is 459 g/mol. The predicted octanol–water partition coefficient (Wildman–Crippen LogP) is 1.66. The number of aliphatic carboxylic acids is 1. The Kier molecular flexibility index (Phi) is 8.44. The zero-order chi connectivity index (χ0) is 23.1. The summed E-state index contributed by atoms with van der Waals surface area (Å²) in [5.41, 5.74) is 1.11. The molecule has 4 rings (SSSR count). The van der Waals surface area contributed by atoms with Crippen LogP contribution in [0.15, 0.2) is 24.4 Å². The van der Waals surface area contributed by atoms with Gasteiger partial charge in [0.1, 0.15) is 0 Å². The van der Waals surface area contributed by atoms with Gasteiger partial charge in [0.05, 0.1) is 32.1 Å². The van der Waals surface area contributed by atoms with Crippen molar-refractivity contribution in [2.45, 2.75) is 19.1 Å². The number of nitrogens with zero attached hydrogens (tertiary/aromatic N) is 3. The molecule has 1 aromatic heterocycles. The third-order valence-corrected chi connectivity index (χ3v) is 5.99. The first kappa shape index (κ1) is 24.4. The maximum Gasteiger partial charge on any atom is 0.490 e. The molecule has 32 heavy (non-hydrogen) atoms. The topological polar surface area (TPSA) is 92.2 Å². The van der Waals surface area contributed by atoms with Crippen LogP contribution in [0.1, 0.15) is 12.1 Å². The number of carboxylic acids is 1. The molecule has 178 valence electrons. The van der Waals surface area contributed by atoms with Crippen molar-refractivity contribution in [2.75, 3.05) is 52.6 Å². The van der Waals surface area contributed by atoms with Gasteiger partial charge in [-0.05, 0) is 29.9 Å². The van der Waals surface area contributed by atoms with Crippen LogP contribution in [0.5, 0.6) is 0 Å². The van der Waals surface area contributed by atoms with Crippen LogP contribution in [0, 0.1) is 17.8 Å². The molecule has 3 saturated heterocycles. The first-order valence-electron chi connectivity index (χ1n) is 10.6. The number of ether oxygens (including phenoxy) is 2. The van der Waals surface area contributed by atoms with Crippen LogP contribution in [0.3, 0.4) is 0 Å². The van der Waals surface area contributed by atoms with E-state index in [2.05, 4.69) is 16.0 Å². The number of likely N-dealkylation sites (tertiary alicyclic amines) is 1. The Morgan fingerprint density at radius 1 is 1.12 bits per heavy atom. The molecule has 11 heteroatoms. The van der Waals surface area contributed by atoms with E-state index in [4.69, 9.17) is 19.4 Å². The van der Waals surface area contributed by atoms with Gasteiger partial charge < -0.3 is 19.5 Å². The molecule has 8 nitrogen and oxygen atoms in total. The minimum atomic E-state index is -5.08. The van der Waals surface area contributed by atoms with E-state index in [-0.39, 0.29) is 5.91 Å². The van der Waals surface area contributed by atoms with Crippen LogP contribution < -0.4 is 0 Å². The molecule has 0 bridgehead atoms. The molecular formula is C21H28F3N3O5. The molecule has 3 aliphatic heterocycles. The number of carboxylic acid groups (broad SMARTS) is 1. The van der Waals surface area contributed by atoms with E-state index >= 15 is 0 Å². The molecule has 4 heterocycles. The molecule has 1 amide bonds. The number of aromatic nitrogens is 1. The highest BCUT2D eigenvalue weighted by Crippen LogP contribution is 2.36. The molecule has 0 spiro atoms. The first-order valence-corrected chi connectivity index (χ1v) is 10.6. The number of amides is 1. The number of fused-ring (bicyclic) bond motifs is 1. The fourth-order valence-electron chi connectivity index (χ4n) is 4.42. The summed E-state index contributed by atoms with van der Waals surface area (Å²) in [4.78, 5) is 30.4. The summed E-state index contributed by atoms with van der Waals surface area (Å²) in [5.74, 6) is -1.06. The zero-order valence-electron chi connectivity index (χ0n) is 17.7. The maximum atomic E-state index is 12.6. The molecule has 0 unspecified atom stereocenters. The fraction of sp³-hybridized carbons (Fsp3) is 0.667. The van der Waals surface area contributed by atoms with E-state index in [0.717, 1.165) is 45.0 Å². The number of morpholine rings is 1. The van der Waals surface area contributed by atoms with Crippen LogP contribution in [-0.4, -0.2) is 90.5 Å². The second-order valence-corrected chi connectivity index (χ2v) is 8.24. The lowest BCUT2D eigenvalue weighted by Crippen LogP contribution is -2.44. The Hall–Kier alpha value is -2.24. The van der Waals surface area contributed by atoms with Crippen molar-refractivity contribution in [1.29, 1.82) is 0 Å². The van der Waals surface area contributed by atoms with E-state index in [1.54, 1.807) is 0 Å². The van der Waals surface area contributed by atoms with E-state index in [9.17, 15) is 18.0 Å². The molecule has 0 radical (unpaired) electrons. The van der Waals surface area contributed by atoms with Gasteiger partial charge in [-0.3, -0.25) is 14.7 Å². The lowest BCUT2D eigenvalue weighted by Gasteiger charge is -2.35.